The molecular weight excluding hydrogens is 282 g/mol. The minimum atomic E-state index is -0.914. The first-order valence-electron chi connectivity index (χ1n) is 7.83. The Kier molecular flexibility index (Phi) is 5.35. The molecule has 1 amide bonds. The van der Waals surface area contributed by atoms with Gasteiger partial charge in [0.05, 0.1) is 6.07 Å². The largest absolute Gasteiger partial charge is 0.284 e. The highest BCUT2D eigenvalue weighted by atomic mass is 32.1. The highest BCUT2D eigenvalue weighted by Gasteiger charge is 2.42. The molecule has 1 aromatic heterocycles. The lowest BCUT2D eigenvalue weighted by Gasteiger charge is -2.37. The van der Waals surface area contributed by atoms with Crippen molar-refractivity contribution >= 4 is 22.4 Å². The van der Waals surface area contributed by atoms with Gasteiger partial charge in [0.2, 0.25) is 5.91 Å². The van der Waals surface area contributed by atoms with E-state index in [1.807, 2.05) is 24.1 Å². The Morgan fingerprint density at radius 1 is 1.43 bits per heavy atom. The van der Waals surface area contributed by atoms with E-state index >= 15 is 0 Å². The van der Waals surface area contributed by atoms with Crippen LogP contribution in [0, 0.1) is 16.7 Å². The van der Waals surface area contributed by atoms with Crippen molar-refractivity contribution in [2.24, 2.45) is 5.41 Å². The van der Waals surface area contributed by atoms with Gasteiger partial charge in [0.25, 0.3) is 0 Å². The first-order valence-corrected chi connectivity index (χ1v) is 8.71. The van der Waals surface area contributed by atoms with Gasteiger partial charge in [-0.25, -0.2) is 4.98 Å². The molecule has 2 rings (SSSR count). The second-order valence-corrected chi connectivity index (χ2v) is 6.56. The minimum absolute atomic E-state index is 0.0585. The van der Waals surface area contributed by atoms with Crippen LogP contribution in [0.15, 0.2) is 11.6 Å². The first-order chi connectivity index (χ1) is 10.2. The summed E-state index contributed by atoms with van der Waals surface area (Å²) in [4.78, 5) is 19.3. The van der Waals surface area contributed by atoms with Crippen molar-refractivity contribution in [1.29, 1.82) is 5.26 Å². The number of rotatable bonds is 5. The highest BCUT2D eigenvalue weighted by molar-refractivity contribution is 7.13. The fraction of sp³-hybridized carbons (Fsp3) is 0.688. The first kappa shape index (κ1) is 16.0. The molecule has 0 saturated heterocycles. The third kappa shape index (κ3) is 3.11. The van der Waals surface area contributed by atoms with E-state index in [2.05, 4.69) is 11.1 Å². The normalized spacial score (nSPS) is 16.4. The minimum Gasteiger partial charge on any atom is -0.284 e. The van der Waals surface area contributed by atoms with E-state index in [1.165, 1.54) is 17.8 Å². The third-order valence-corrected chi connectivity index (χ3v) is 5.39. The SMILES string of the molecule is CCC(C#N)(CC)C(=O)N(c1nccs1)C1CCCCC1. The molecule has 0 aliphatic heterocycles. The van der Waals surface area contributed by atoms with Gasteiger partial charge in [0.15, 0.2) is 5.13 Å². The number of nitrogens with zero attached hydrogens (tertiary/aromatic N) is 3. The molecule has 0 bridgehead atoms. The van der Waals surface area contributed by atoms with Gasteiger partial charge in [-0.2, -0.15) is 5.26 Å². The molecule has 1 heterocycles. The van der Waals surface area contributed by atoms with Crippen LogP contribution in [0.25, 0.3) is 0 Å². The number of hydrogen-bond donors (Lipinski definition) is 0. The standard InChI is InChI=1S/C16H23N3OS/c1-3-16(4-2,12-17)14(20)19(15-18-10-11-21-15)13-8-6-5-7-9-13/h10-11,13H,3-9H2,1-2H3. The van der Waals surface area contributed by atoms with E-state index in [0.717, 1.165) is 30.8 Å². The molecule has 1 aromatic rings. The van der Waals surface area contributed by atoms with Crippen LogP contribution >= 0.6 is 11.3 Å². The Labute approximate surface area is 130 Å². The Morgan fingerprint density at radius 2 is 2.10 bits per heavy atom. The molecule has 0 aromatic carbocycles. The summed E-state index contributed by atoms with van der Waals surface area (Å²) in [5.41, 5.74) is -0.914. The van der Waals surface area contributed by atoms with Gasteiger partial charge >= 0.3 is 0 Å². The van der Waals surface area contributed by atoms with Gasteiger partial charge in [0.1, 0.15) is 5.41 Å². The van der Waals surface area contributed by atoms with E-state index in [1.54, 1.807) is 6.20 Å². The third-order valence-electron chi connectivity index (χ3n) is 4.61. The number of anilines is 1. The number of aromatic nitrogens is 1. The zero-order valence-electron chi connectivity index (χ0n) is 12.8. The van der Waals surface area contributed by atoms with E-state index in [0.29, 0.717) is 12.8 Å². The average molecular weight is 305 g/mol. The summed E-state index contributed by atoms with van der Waals surface area (Å²) in [6.07, 6.45) is 8.40. The number of hydrogen-bond acceptors (Lipinski definition) is 4. The predicted molar refractivity (Wildman–Crippen MR) is 85.1 cm³/mol. The zero-order valence-corrected chi connectivity index (χ0v) is 13.7. The van der Waals surface area contributed by atoms with Gasteiger partial charge in [-0.3, -0.25) is 9.69 Å². The number of carbonyl (C=O) groups excluding carboxylic acids is 1. The van der Waals surface area contributed by atoms with Crippen LogP contribution in [0.1, 0.15) is 58.8 Å². The summed E-state index contributed by atoms with van der Waals surface area (Å²) < 4.78 is 0. The van der Waals surface area contributed by atoms with E-state index in [4.69, 9.17) is 0 Å². The summed E-state index contributed by atoms with van der Waals surface area (Å²) in [6.45, 7) is 3.84. The molecule has 114 valence electrons. The molecule has 0 N–H and O–H groups in total. The van der Waals surface area contributed by atoms with Gasteiger partial charge in [-0.15, -0.1) is 11.3 Å². The quantitative estimate of drug-likeness (QED) is 0.821. The molecule has 0 spiro atoms. The molecule has 0 atom stereocenters. The zero-order chi connectivity index (χ0) is 15.3. The Balaban J connectivity index is 2.35. The van der Waals surface area contributed by atoms with Crippen molar-refractivity contribution in [3.63, 3.8) is 0 Å². The molecule has 1 aliphatic carbocycles. The maximum Gasteiger partial charge on any atom is 0.249 e. The van der Waals surface area contributed by atoms with Crippen LogP contribution in [-0.2, 0) is 4.79 Å². The lowest BCUT2D eigenvalue weighted by atomic mass is 9.81. The molecule has 1 aliphatic rings. The summed E-state index contributed by atoms with van der Waals surface area (Å²) >= 11 is 1.49. The molecule has 1 saturated carbocycles. The summed E-state index contributed by atoms with van der Waals surface area (Å²) in [5.74, 6) is -0.0585. The van der Waals surface area contributed by atoms with Crippen molar-refractivity contribution in [2.75, 3.05) is 4.90 Å². The lowest BCUT2D eigenvalue weighted by molar-refractivity contribution is -0.126. The molecule has 1 fully saturated rings. The second kappa shape index (κ2) is 7.04. The fourth-order valence-electron chi connectivity index (χ4n) is 3.07. The Morgan fingerprint density at radius 3 is 2.57 bits per heavy atom. The maximum absolute atomic E-state index is 13.1. The lowest BCUT2D eigenvalue weighted by Crippen LogP contribution is -2.49. The molecule has 21 heavy (non-hydrogen) atoms. The smallest absolute Gasteiger partial charge is 0.249 e. The summed E-state index contributed by atoms with van der Waals surface area (Å²) in [7, 11) is 0. The second-order valence-electron chi connectivity index (χ2n) is 5.68. The molecule has 4 nitrogen and oxygen atoms in total. The number of carbonyl (C=O) groups is 1. The molecule has 0 unspecified atom stereocenters. The van der Waals surface area contributed by atoms with Crippen molar-refractivity contribution < 1.29 is 4.79 Å². The number of amides is 1. The topological polar surface area (TPSA) is 57.0 Å². The molecule has 0 radical (unpaired) electrons. The molecular formula is C16H23N3OS. The van der Waals surface area contributed by atoms with Gasteiger partial charge in [0, 0.05) is 17.6 Å². The Hall–Kier alpha value is -1.41. The van der Waals surface area contributed by atoms with Gasteiger partial charge in [-0.1, -0.05) is 33.1 Å². The van der Waals surface area contributed by atoms with E-state index in [-0.39, 0.29) is 11.9 Å². The summed E-state index contributed by atoms with van der Waals surface area (Å²) in [6, 6.07) is 2.48. The predicted octanol–water partition coefficient (Wildman–Crippen LogP) is 4.14. The molecule has 5 heteroatoms. The van der Waals surface area contributed by atoms with Gasteiger partial charge in [-0.05, 0) is 25.7 Å². The number of nitriles is 1. The average Bonchev–Trinajstić information content (AvgIpc) is 3.05. The van der Waals surface area contributed by atoms with Crippen molar-refractivity contribution in [3.05, 3.63) is 11.6 Å². The van der Waals surface area contributed by atoms with Crippen LogP contribution in [0.4, 0.5) is 5.13 Å². The summed E-state index contributed by atoms with van der Waals surface area (Å²) in [5, 5.41) is 12.2. The highest BCUT2D eigenvalue weighted by Crippen LogP contribution is 2.35. The van der Waals surface area contributed by atoms with Crippen LogP contribution in [0.3, 0.4) is 0 Å². The van der Waals surface area contributed by atoms with Crippen LogP contribution < -0.4 is 4.90 Å². The van der Waals surface area contributed by atoms with Crippen LogP contribution in [0.5, 0.6) is 0 Å². The monoisotopic (exact) mass is 305 g/mol. The van der Waals surface area contributed by atoms with Crippen molar-refractivity contribution in [2.45, 2.75) is 64.8 Å². The van der Waals surface area contributed by atoms with Gasteiger partial charge < -0.3 is 0 Å². The van der Waals surface area contributed by atoms with E-state index < -0.39 is 5.41 Å². The van der Waals surface area contributed by atoms with E-state index in [9.17, 15) is 10.1 Å². The fourth-order valence-corrected chi connectivity index (χ4v) is 3.78. The van der Waals surface area contributed by atoms with Crippen LogP contribution in [-0.4, -0.2) is 16.9 Å². The van der Waals surface area contributed by atoms with Crippen molar-refractivity contribution in [1.82, 2.24) is 4.98 Å². The maximum atomic E-state index is 13.1. The number of thiazole rings is 1. The Bertz CT molecular complexity index is 496. The van der Waals surface area contributed by atoms with Crippen LogP contribution in [0.2, 0.25) is 0 Å². The van der Waals surface area contributed by atoms with Crippen molar-refractivity contribution in [3.8, 4) is 6.07 Å².